The summed E-state index contributed by atoms with van der Waals surface area (Å²) in [6, 6.07) is 12.5. The van der Waals surface area contributed by atoms with Crippen LogP contribution in [-0.2, 0) is 12.1 Å². The summed E-state index contributed by atoms with van der Waals surface area (Å²) in [5.74, 6) is 0. The van der Waals surface area contributed by atoms with E-state index in [0.717, 1.165) is 25.1 Å². The zero-order chi connectivity index (χ0) is 11.9. The molecule has 0 atom stereocenters. The van der Waals surface area contributed by atoms with Crippen molar-refractivity contribution in [3.63, 3.8) is 0 Å². The van der Waals surface area contributed by atoms with Gasteiger partial charge in [0, 0.05) is 6.54 Å². The second-order valence-electron chi connectivity index (χ2n) is 4.75. The highest BCUT2D eigenvalue weighted by atomic mass is 15.3. The fourth-order valence-electron chi connectivity index (χ4n) is 2.13. The maximum Gasteiger partial charge on any atom is 0.0829 e. The summed E-state index contributed by atoms with van der Waals surface area (Å²) in [6.07, 6.45) is 2.11. The summed E-state index contributed by atoms with van der Waals surface area (Å²) in [4.78, 5) is 0. The van der Waals surface area contributed by atoms with Crippen molar-refractivity contribution in [2.45, 2.75) is 31.8 Å². The number of nitrogens with two attached hydrogens (primary N) is 1. The van der Waals surface area contributed by atoms with Crippen molar-refractivity contribution < 1.29 is 0 Å². The van der Waals surface area contributed by atoms with E-state index < -0.39 is 0 Å². The maximum atomic E-state index is 6.21. The van der Waals surface area contributed by atoms with Gasteiger partial charge in [0.05, 0.1) is 16.9 Å². The third-order valence-electron chi connectivity index (χ3n) is 3.45. The smallest absolute Gasteiger partial charge is 0.0829 e. The molecule has 2 aromatic rings. The first-order valence-corrected chi connectivity index (χ1v) is 6.15. The van der Waals surface area contributed by atoms with Crippen LogP contribution >= 0.6 is 0 Å². The first-order valence-electron chi connectivity index (χ1n) is 6.15. The molecule has 0 saturated heterocycles. The van der Waals surface area contributed by atoms with Gasteiger partial charge in [-0.3, -0.25) is 4.68 Å². The number of aromatic nitrogens is 2. The van der Waals surface area contributed by atoms with Crippen molar-refractivity contribution in [1.82, 2.24) is 9.78 Å². The molecule has 3 rings (SSSR count). The maximum absolute atomic E-state index is 6.21. The SMILES string of the molecule is CCn1nc(C2(N)CC2)cc1-c1ccccc1. The monoisotopic (exact) mass is 227 g/mol. The lowest BCUT2D eigenvalue weighted by Crippen LogP contribution is -2.19. The van der Waals surface area contributed by atoms with Gasteiger partial charge in [-0.05, 0) is 31.4 Å². The summed E-state index contributed by atoms with van der Waals surface area (Å²) in [5, 5.41) is 4.63. The summed E-state index contributed by atoms with van der Waals surface area (Å²) < 4.78 is 2.04. The molecule has 0 unspecified atom stereocenters. The highest BCUT2D eigenvalue weighted by molar-refractivity contribution is 5.60. The molecule has 3 nitrogen and oxygen atoms in total. The molecule has 0 aliphatic heterocycles. The van der Waals surface area contributed by atoms with Crippen molar-refractivity contribution in [1.29, 1.82) is 0 Å². The van der Waals surface area contributed by atoms with Crippen LogP contribution in [0.1, 0.15) is 25.5 Å². The highest BCUT2D eigenvalue weighted by Crippen LogP contribution is 2.42. The molecule has 1 aromatic carbocycles. The molecule has 0 bridgehead atoms. The zero-order valence-corrected chi connectivity index (χ0v) is 10.1. The Morgan fingerprint density at radius 2 is 2.00 bits per heavy atom. The second kappa shape index (κ2) is 3.70. The average molecular weight is 227 g/mol. The second-order valence-corrected chi connectivity index (χ2v) is 4.75. The van der Waals surface area contributed by atoms with E-state index in [9.17, 15) is 0 Å². The number of aryl methyl sites for hydroxylation is 1. The number of nitrogens with zero attached hydrogens (tertiary/aromatic N) is 2. The van der Waals surface area contributed by atoms with E-state index in [0.29, 0.717) is 0 Å². The van der Waals surface area contributed by atoms with Crippen LogP contribution in [0, 0.1) is 0 Å². The fraction of sp³-hybridized carbons (Fsp3) is 0.357. The summed E-state index contributed by atoms with van der Waals surface area (Å²) in [7, 11) is 0. The van der Waals surface area contributed by atoms with Crippen molar-refractivity contribution in [2.24, 2.45) is 5.73 Å². The van der Waals surface area contributed by atoms with Gasteiger partial charge in [0.1, 0.15) is 0 Å². The molecule has 88 valence electrons. The molecule has 17 heavy (non-hydrogen) atoms. The Morgan fingerprint density at radius 1 is 1.29 bits per heavy atom. The number of hydrogen-bond donors (Lipinski definition) is 1. The van der Waals surface area contributed by atoms with Gasteiger partial charge in [-0.2, -0.15) is 5.10 Å². The van der Waals surface area contributed by atoms with E-state index in [4.69, 9.17) is 5.73 Å². The normalized spacial score (nSPS) is 17.1. The van der Waals surface area contributed by atoms with Crippen LogP contribution in [0.5, 0.6) is 0 Å². The number of rotatable bonds is 3. The largest absolute Gasteiger partial charge is 0.320 e. The van der Waals surface area contributed by atoms with Gasteiger partial charge < -0.3 is 5.73 Å². The van der Waals surface area contributed by atoms with E-state index in [1.807, 2.05) is 10.7 Å². The molecular formula is C14H17N3. The van der Waals surface area contributed by atoms with Crippen LogP contribution in [0.25, 0.3) is 11.3 Å². The molecule has 1 aromatic heterocycles. The minimum absolute atomic E-state index is 0.149. The molecule has 1 saturated carbocycles. The zero-order valence-electron chi connectivity index (χ0n) is 10.1. The molecule has 0 amide bonds. The average Bonchev–Trinajstić information content (AvgIpc) is 2.97. The predicted molar refractivity (Wildman–Crippen MR) is 68.4 cm³/mol. The van der Waals surface area contributed by atoms with Crippen LogP contribution < -0.4 is 5.73 Å². The van der Waals surface area contributed by atoms with Gasteiger partial charge in [0.15, 0.2) is 0 Å². The number of benzene rings is 1. The van der Waals surface area contributed by atoms with E-state index in [1.54, 1.807) is 0 Å². The summed E-state index contributed by atoms with van der Waals surface area (Å²) in [5.41, 5.74) is 9.47. The molecule has 0 radical (unpaired) electrons. The topological polar surface area (TPSA) is 43.8 Å². The van der Waals surface area contributed by atoms with Gasteiger partial charge in [-0.15, -0.1) is 0 Å². The van der Waals surface area contributed by atoms with Crippen molar-refractivity contribution >= 4 is 0 Å². The van der Waals surface area contributed by atoms with Crippen molar-refractivity contribution in [2.75, 3.05) is 0 Å². The van der Waals surface area contributed by atoms with Crippen LogP contribution in [-0.4, -0.2) is 9.78 Å². The molecule has 1 aliphatic carbocycles. The lowest BCUT2D eigenvalue weighted by atomic mass is 10.1. The molecule has 0 spiro atoms. The van der Waals surface area contributed by atoms with Crippen LogP contribution in [0.15, 0.2) is 36.4 Å². The molecule has 3 heteroatoms. The minimum atomic E-state index is -0.149. The summed E-state index contributed by atoms with van der Waals surface area (Å²) in [6.45, 7) is 2.99. The molecular weight excluding hydrogens is 210 g/mol. The quantitative estimate of drug-likeness (QED) is 0.875. The Balaban J connectivity index is 2.07. The third kappa shape index (κ3) is 1.76. The minimum Gasteiger partial charge on any atom is -0.320 e. The van der Waals surface area contributed by atoms with E-state index in [1.165, 1.54) is 11.3 Å². The van der Waals surface area contributed by atoms with E-state index >= 15 is 0 Å². The first-order chi connectivity index (χ1) is 8.23. The van der Waals surface area contributed by atoms with Crippen molar-refractivity contribution in [3.8, 4) is 11.3 Å². The Kier molecular flexibility index (Phi) is 2.30. The standard InChI is InChI=1S/C14H17N3/c1-2-17-12(11-6-4-3-5-7-11)10-13(16-17)14(15)8-9-14/h3-7,10H,2,8-9,15H2,1H3. The van der Waals surface area contributed by atoms with E-state index in [2.05, 4.69) is 42.4 Å². The van der Waals surface area contributed by atoms with Crippen LogP contribution in [0.2, 0.25) is 0 Å². The van der Waals surface area contributed by atoms with Gasteiger partial charge in [0.2, 0.25) is 0 Å². The molecule has 1 aliphatic rings. The molecule has 1 fully saturated rings. The Hall–Kier alpha value is -1.61. The van der Waals surface area contributed by atoms with Gasteiger partial charge in [0.25, 0.3) is 0 Å². The third-order valence-corrected chi connectivity index (χ3v) is 3.45. The fourth-order valence-corrected chi connectivity index (χ4v) is 2.13. The predicted octanol–water partition coefficient (Wildman–Crippen LogP) is 2.52. The molecule has 1 heterocycles. The van der Waals surface area contributed by atoms with Gasteiger partial charge in [-0.1, -0.05) is 30.3 Å². The highest BCUT2D eigenvalue weighted by Gasteiger charge is 2.42. The Morgan fingerprint density at radius 3 is 2.59 bits per heavy atom. The van der Waals surface area contributed by atoms with Crippen molar-refractivity contribution in [3.05, 3.63) is 42.1 Å². The van der Waals surface area contributed by atoms with Gasteiger partial charge in [-0.25, -0.2) is 0 Å². The van der Waals surface area contributed by atoms with Crippen LogP contribution in [0.3, 0.4) is 0 Å². The Bertz CT molecular complexity index is 524. The lowest BCUT2D eigenvalue weighted by Gasteiger charge is -2.03. The van der Waals surface area contributed by atoms with Gasteiger partial charge >= 0.3 is 0 Å². The summed E-state index contributed by atoms with van der Waals surface area (Å²) >= 11 is 0. The van der Waals surface area contributed by atoms with E-state index in [-0.39, 0.29) is 5.54 Å². The molecule has 2 N–H and O–H groups in total. The Labute approximate surface area is 101 Å². The van der Waals surface area contributed by atoms with Crippen LogP contribution in [0.4, 0.5) is 0 Å². The number of hydrogen-bond acceptors (Lipinski definition) is 2. The lowest BCUT2D eigenvalue weighted by molar-refractivity contribution is 0.617. The first kappa shape index (κ1) is 10.5.